The van der Waals surface area contributed by atoms with Crippen LogP contribution in [0.15, 0.2) is 23.1 Å². The predicted molar refractivity (Wildman–Crippen MR) is 100 cm³/mol. The van der Waals surface area contributed by atoms with Crippen molar-refractivity contribution in [3.05, 3.63) is 45.5 Å². The van der Waals surface area contributed by atoms with Crippen LogP contribution in [0.2, 0.25) is 0 Å². The molecule has 4 rings (SSSR count). The number of pyridine rings is 1. The molecule has 1 aromatic carbocycles. The molecular weight excluding hydrogens is 359 g/mol. The molecule has 0 radical (unpaired) electrons. The van der Waals surface area contributed by atoms with E-state index in [0.29, 0.717) is 11.1 Å². The highest BCUT2D eigenvalue weighted by Crippen LogP contribution is 2.38. The van der Waals surface area contributed by atoms with Crippen molar-refractivity contribution in [2.24, 2.45) is 0 Å². The van der Waals surface area contributed by atoms with E-state index in [2.05, 4.69) is 11.9 Å². The van der Waals surface area contributed by atoms with E-state index in [1.54, 1.807) is 6.07 Å². The van der Waals surface area contributed by atoms with E-state index in [1.807, 2.05) is 4.57 Å². The molecule has 0 unspecified atom stereocenters. The first-order chi connectivity index (χ1) is 12.0. The molecule has 1 aromatic heterocycles. The SMILES string of the molecule is CN1CCC(c2cc3c(cc2F)c(=O)c(C(=O)O)cn3C2CC2)CC1.Cl. The molecule has 1 saturated carbocycles. The van der Waals surface area contributed by atoms with Gasteiger partial charge in [-0.1, -0.05) is 0 Å². The molecule has 2 fully saturated rings. The Hall–Kier alpha value is -1.92. The van der Waals surface area contributed by atoms with Crippen molar-refractivity contribution in [2.75, 3.05) is 20.1 Å². The second-order valence-electron chi connectivity index (χ2n) is 7.28. The smallest absolute Gasteiger partial charge is 0.341 e. The molecule has 1 aliphatic heterocycles. The third kappa shape index (κ3) is 3.23. The number of aromatic nitrogens is 1. The number of carboxylic acids is 1. The largest absolute Gasteiger partial charge is 0.477 e. The van der Waals surface area contributed by atoms with Crippen LogP contribution in [0, 0.1) is 5.82 Å². The monoisotopic (exact) mass is 380 g/mol. The van der Waals surface area contributed by atoms with Gasteiger partial charge in [0.2, 0.25) is 5.43 Å². The fourth-order valence-corrected chi connectivity index (χ4v) is 3.83. The van der Waals surface area contributed by atoms with Crippen LogP contribution in [0.4, 0.5) is 4.39 Å². The van der Waals surface area contributed by atoms with Gasteiger partial charge >= 0.3 is 5.97 Å². The summed E-state index contributed by atoms with van der Waals surface area (Å²) in [5.41, 5.74) is 0.421. The first kappa shape index (κ1) is 18.9. The predicted octanol–water partition coefficient (Wildman–Crippen LogP) is 3.40. The quantitative estimate of drug-likeness (QED) is 0.886. The molecule has 2 heterocycles. The average Bonchev–Trinajstić information content (AvgIpc) is 3.41. The Morgan fingerprint density at radius 1 is 1.19 bits per heavy atom. The number of nitrogens with zero attached hydrogens (tertiary/aromatic N) is 2. The van der Waals surface area contributed by atoms with Crippen LogP contribution in [-0.2, 0) is 0 Å². The van der Waals surface area contributed by atoms with Crippen LogP contribution >= 0.6 is 12.4 Å². The second-order valence-corrected chi connectivity index (χ2v) is 7.28. The molecule has 0 bridgehead atoms. The molecule has 2 aromatic rings. The van der Waals surface area contributed by atoms with E-state index >= 15 is 0 Å². The zero-order valence-electron chi connectivity index (χ0n) is 14.6. The minimum absolute atomic E-state index is 0. The number of aromatic carboxylic acids is 1. The summed E-state index contributed by atoms with van der Waals surface area (Å²) in [6.07, 6.45) is 5.12. The molecular formula is C19H22ClFN2O3. The molecule has 0 atom stereocenters. The van der Waals surface area contributed by atoms with Crippen molar-refractivity contribution in [2.45, 2.75) is 37.6 Å². The van der Waals surface area contributed by atoms with Gasteiger partial charge in [0, 0.05) is 17.6 Å². The van der Waals surface area contributed by atoms with Crippen molar-refractivity contribution in [1.82, 2.24) is 9.47 Å². The fourth-order valence-electron chi connectivity index (χ4n) is 3.83. The number of hydrogen-bond acceptors (Lipinski definition) is 3. The number of halogens is 2. The standard InChI is InChI=1S/C19H21FN2O3.ClH/c1-21-6-4-11(5-7-21)13-9-17-14(8-16(13)20)18(23)15(19(24)25)10-22(17)12-2-3-12;/h8-12H,2-7H2,1H3,(H,24,25);1H. The van der Waals surface area contributed by atoms with Crippen LogP contribution in [0.1, 0.15) is 53.6 Å². The van der Waals surface area contributed by atoms with Crippen LogP contribution in [0.25, 0.3) is 10.9 Å². The highest BCUT2D eigenvalue weighted by molar-refractivity contribution is 5.92. The molecule has 26 heavy (non-hydrogen) atoms. The minimum Gasteiger partial charge on any atom is -0.477 e. The molecule has 7 heteroatoms. The fraction of sp³-hybridized carbons (Fsp3) is 0.474. The van der Waals surface area contributed by atoms with Crippen molar-refractivity contribution < 1.29 is 14.3 Å². The van der Waals surface area contributed by atoms with Crippen LogP contribution in [0.3, 0.4) is 0 Å². The van der Waals surface area contributed by atoms with E-state index in [0.717, 1.165) is 38.8 Å². The zero-order chi connectivity index (χ0) is 17.7. The van der Waals surface area contributed by atoms with Crippen molar-refractivity contribution in [3.8, 4) is 0 Å². The van der Waals surface area contributed by atoms with Gasteiger partial charge in [-0.05, 0) is 69.4 Å². The first-order valence-electron chi connectivity index (χ1n) is 8.76. The third-order valence-corrected chi connectivity index (χ3v) is 5.48. The van der Waals surface area contributed by atoms with Gasteiger partial charge in [-0.3, -0.25) is 4.79 Å². The number of carbonyl (C=O) groups is 1. The van der Waals surface area contributed by atoms with Crippen LogP contribution in [0.5, 0.6) is 0 Å². The summed E-state index contributed by atoms with van der Waals surface area (Å²) in [4.78, 5) is 26.1. The van der Waals surface area contributed by atoms with E-state index in [9.17, 15) is 19.1 Å². The maximum Gasteiger partial charge on any atom is 0.341 e. The summed E-state index contributed by atoms with van der Waals surface area (Å²) in [5.74, 6) is -1.52. The Kier molecular flexibility index (Phi) is 5.08. The van der Waals surface area contributed by atoms with Gasteiger partial charge in [0.25, 0.3) is 0 Å². The Morgan fingerprint density at radius 2 is 1.85 bits per heavy atom. The van der Waals surface area contributed by atoms with Crippen LogP contribution in [-0.4, -0.2) is 40.7 Å². The summed E-state index contributed by atoms with van der Waals surface area (Å²) in [5, 5.41) is 9.46. The number of piperidine rings is 1. The molecule has 140 valence electrons. The summed E-state index contributed by atoms with van der Waals surface area (Å²) in [6, 6.07) is 3.24. The molecule has 2 aliphatic rings. The molecule has 1 N–H and O–H groups in total. The number of likely N-dealkylation sites (tertiary alicyclic amines) is 1. The minimum atomic E-state index is -1.26. The van der Waals surface area contributed by atoms with Gasteiger partial charge in [-0.2, -0.15) is 0 Å². The maximum atomic E-state index is 14.8. The first-order valence-corrected chi connectivity index (χ1v) is 8.76. The lowest BCUT2D eigenvalue weighted by atomic mass is 9.88. The zero-order valence-corrected chi connectivity index (χ0v) is 15.4. The summed E-state index contributed by atoms with van der Waals surface area (Å²) in [6.45, 7) is 1.85. The Bertz CT molecular complexity index is 915. The Labute approximate surface area is 156 Å². The topological polar surface area (TPSA) is 62.5 Å². The molecule has 0 spiro atoms. The van der Waals surface area contributed by atoms with Gasteiger partial charge in [0.1, 0.15) is 11.4 Å². The average molecular weight is 381 g/mol. The van der Waals surface area contributed by atoms with Crippen molar-refractivity contribution in [1.29, 1.82) is 0 Å². The van der Waals surface area contributed by atoms with Gasteiger partial charge < -0.3 is 14.6 Å². The highest BCUT2D eigenvalue weighted by atomic mass is 35.5. The number of benzene rings is 1. The number of carboxylic acid groups (broad SMARTS) is 1. The molecule has 5 nitrogen and oxygen atoms in total. The molecule has 1 saturated heterocycles. The summed E-state index contributed by atoms with van der Waals surface area (Å²) in [7, 11) is 2.06. The van der Waals surface area contributed by atoms with Gasteiger partial charge in [-0.15, -0.1) is 12.4 Å². The van der Waals surface area contributed by atoms with Crippen molar-refractivity contribution >= 4 is 29.3 Å². The summed E-state index contributed by atoms with van der Waals surface area (Å²) < 4.78 is 16.6. The number of hydrogen-bond donors (Lipinski definition) is 1. The van der Waals surface area contributed by atoms with Gasteiger partial charge in [-0.25, -0.2) is 9.18 Å². The lowest BCUT2D eigenvalue weighted by Crippen LogP contribution is -2.29. The normalized spacial score (nSPS) is 18.7. The van der Waals surface area contributed by atoms with Gasteiger partial charge in [0.15, 0.2) is 0 Å². The summed E-state index contributed by atoms with van der Waals surface area (Å²) >= 11 is 0. The maximum absolute atomic E-state index is 14.8. The highest BCUT2D eigenvalue weighted by Gasteiger charge is 2.28. The van der Waals surface area contributed by atoms with Gasteiger partial charge in [0.05, 0.1) is 5.52 Å². The Balaban J connectivity index is 0.00000196. The lowest BCUT2D eigenvalue weighted by Gasteiger charge is -2.29. The third-order valence-electron chi connectivity index (χ3n) is 5.48. The molecule has 0 amide bonds. The van der Waals surface area contributed by atoms with E-state index in [4.69, 9.17) is 0 Å². The Morgan fingerprint density at radius 3 is 2.42 bits per heavy atom. The van der Waals surface area contributed by atoms with Crippen LogP contribution < -0.4 is 5.43 Å². The van der Waals surface area contributed by atoms with E-state index in [-0.39, 0.29) is 35.3 Å². The number of rotatable bonds is 3. The lowest BCUT2D eigenvalue weighted by molar-refractivity contribution is 0.0695. The number of fused-ring (bicyclic) bond motifs is 1. The van der Waals surface area contributed by atoms with Crippen molar-refractivity contribution in [3.63, 3.8) is 0 Å². The second kappa shape index (κ2) is 7.00. The van der Waals surface area contributed by atoms with E-state index < -0.39 is 17.2 Å². The molecule has 1 aliphatic carbocycles. The van der Waals surface area contributed by atoms with E-state index in [1.165, 1.54) is 12.3 Å².